The molecular formula is C20H19ClN2O4. The van der Waals surface area contributed by atoms with Gasteiger partial charge in [0.25, 0.3) is 0 Å². The Hall–Kier alpha value is -2.86. The minimum atomic E-state index is -0.314. The number of carbonyl (C=O) groups is 1. The normalized spacial score (nSPS) is 10.6. The number of halogens is 1. The third kappa shape index (κ3) is 5.08. The molecule has 140 valence electrons. The smallest absolute Gasteiger partial charge is 0.309 e. The van der Waals surface area contributed by atoms with Crippen LogP contribution in [0.25, 0.3) is 10.9 Å². The molecule has 3 aromatic rings. The van der Waals surface area contributed by atoms with Crippen molar-refractivity contribution in [3.63, 3.8) is 0 Å². The predicted molar refractivity (Wildman–Crippen MR) is 102 cm³/mol. The Kier molecular flexibility index (Phi) is 6.44. The number of carbonyl (C=O) groups excluding carboxylic acids is 1. The molecule has 0 N–H and O–H groups in total. The lowest BCUT2D eigenvalue weighted by molar-refractivity contribution is -0.143. The lowest BCUT2D eigenvalue weighted by atomic mass is 10.2. The number of esters is 1. The summed E-state index contributed by atoms with van der Waals surface area (Å²) in [5.74, 6) is 0.677. The molecule has 0 amide bonds. The second-order valence-corrected chi connectivity index (χ2v) is 6.02. The molecule has 0 unspecified atom stereocenters. The van der Waals surface area contributed by atoms with Gasteiger partial charge in [-0.05, 0) is 18.6 Å². The SMILES string of the molecule is CCOC(=O)CCOc1cc2c(Cl)ncnc2cc1OCc1ccccc1. The topological polar surface area (TPSA) is 70.5 Å². The number of hydrogen-bond acceptors (Lipinski definition) is 6. The number of aromatic nitrogens is 2. The third-order valence-corrected chi connectivity index (χ3v) is 4.06. The van der Waals surface area contributed by atoms with Gasteiger partial charge in [0.1, 0.15) is 18.1 Å². The molecule has 0 atom stereocenters. The molecule has 0 spiro atoms. The van der Waals surface area contributed by atoms with Crippen LogP contribution in [-0.2, 0) is 16.1 Å². The molecule has 0 fully saturated rings. The van der Waals surface area contributed by atoms with Crippen molar-refractivity contribution in [2.45, 2.75) is 20.0 Å². The van der Waals surface area contributed by atoms with Crippen LogP contribution >= 0.6 is 11.6 Å². The van der Waals surface area contributed by atoms with Gasteiger partial charge in [-0.1, -0.05) is 41.9 Å². The molecule has 27 heavy (non-hydrogen) atoms. The molecule has 1 heterocycles. The highest BCUT2D eigenvalue weighted by atomic mass is 35.5. The standard InChI is InChI=1S/C20H19ClN2O4/c1-2-25-19(24)8-9-26-17-10-15-16(22-13-23-20(15)21)11-18(17)27-12-14-6-4-3-5-7-14/h3-7,10-11,13H,2,8-9,12H2,1H3. The van der Waals surface area contributed by atoms with E-state index in [1.807, 2.05) is 30.3 Å². The lowest BCUT2D eigenvalue weighted by Gasteiger charge is -2.14. The monoisotopic (exact) mass is 386 g/mol. The Balaban J connectivity index is 1.81. The summed E-state index contributed by atoms with van der Waals surface area (Å²) in [5, 5.41) is 0.974. The van der Waals surface area contributed by atoms with Gasteiger partial charge in [-0.2, -0.15) is 0 Å². The van der Waals surface area contributed by atoms with Gasteiger partial charge in [-0.15, -0.1) is 0 Å². The number of nitrogens with zero attached hydrogens (tertiary/aromatic N) is 2. The van der Waals surface area contributed by atoms with Crippen molar-refractivity contribution in [1.29, 1.82) is 0 Å². The molecule has 0 saturated heterocycles. The van der Waals surface area contributed by atoms with Crippen LogP contribution in [0.4, 0.5) is 0 Å². The van der Waals surface area contributed by atoms with Gasteiger partial charge in [0.05, 0.1) is 25.2 Å². The number of benzene rings is 2. The van der Waals surface area contributed by atoms with Gasteiger partial charge < -0.3 is 14.2 Å². The molecule has 0 radical (unpaired) electrons. The van der Waals surface area contributed by atoms with Gasteiger partial charge >= 0.3 is 5.97 Å². The molecule has 0 aliphatic carbocycles. The largest absolute Gasteiger partial charge is 0.489 e. The van der Waals surface area contributed by atoms with Crippen LogP contribution in [0.1, 0.15) is 18.9 Å². The van der Waals surface area contributed by atoms with E-state index in [-0.39, 0.29) is 19.0 Å². The maximum absolute atomic E-state index is 11.5. The Labute approximate surface area is 162 Å². The fraction of sp³-hybridized carbons (Fsp3) is 0.250. The molecular weight excluding hydrogens is 368 g/mol. The van der Waals surface area contributed by atoms with Crippen LogP contribution in [0.5, 0.6) is 11.5 Å². The van der Waals surface area contributed by atoms with E-state index in [1.54, 1.807) is 19.1 Å². The fourth-order valence-electron chi connectivity index (χ4n) is 2.47. The van der Waals surface area contributed by atoms with Crippen LogP contribution in [0, 0.1) is 0 Å². The Morgan fingerprint density at radius 3 is 2.63 bits per heavy atom. The highest BCUT2D eigenvalue weighted by Crippen LogP contribution is 2.34. The average Bonchev–Trinajstić information content (AvgIpc) is 2.68. The first kappa shape index (κ1) is 18.9. The minimum absolute atomic E-state index is 0.142. The van der Waals surface area contributed by atoms with Gasteiger partial charge in [0.2, 0.25) is 0 Å². The molecule has 3 rings (SSSR count). The van der Waals surface area contributed by atoms with Crippen molar-refractivity contribution in [2.24, 2.45) is 0 Å². The maximum atomic E-state index is 11.5. The second kappa shape index (κ2) is 9.19. The van der Waals surface area contributed by atoms with E-state index >= 15 is 0 Å². The highest BCUT2D eigenvalue weighted by molar-refractivity contribution is 6.34. The summed E-state index contributed by atoms with van der Waals surface area (Å²) in [7, 11) is 0. The molecule has 0 aliphatic rings. The van der Waals surface area contributed by atoms with Crippen LogP contribution in [0.2, 0.25) is 5.15 Å². The quantitative estimate of drug-likeness (QED) is 0.427. The zero-order valence-corrected chi connectivity index (χ0v) is 15.6. The first-order chi connectivity index (χ1) is 13.2. The molecule has 6 nitrogen and oxygen atoms in total. The van der Waals surface area contributed by atoms with Gasteiger partial charge in [0.15, 0.2) is 11.5 Å². The summed E-state index contributed by atoms with van der Waals surface area (Å²) in [6.45, 7) is 2.64. The van der Waals surface area contributed by atoms with E-state index in [9.17, 15) is 4.79 Å². The van der Waals surface area contributed by atoms with E-state index in [2.05, 4.69) is 9.97 Å². The zero-order valence-electron chi connectivity index (χ0n) is 14.9. The van der Waals surface area contributed by atoms with Crippen molar-refractivity contribution in [1.82, 2.24) is 9.97 Å². The first-order valence-corrected chi connectivity index (χ1v) is 8.94. The molecule has 1 aromatic heterocycles. The van der Waals surface area contributed by atoms with Crippen molar-refractivity contribution in [3.8, 4) is 11.5 Å². The summed E-state index contributed by atoms with van der Waals surface area (Å²) >= 11 is 6.16. The Bertz CT molecular complexity index is 919. The number of hydrogen-bond donors (Lipinski definition) is 0. The summed E-state index contributed by atoms with van der Waals surface area (Å²) in [6, 6.07) is 13.3. The van der Waals surface area contributed by atoms with E-state index in [0.717, 1.165) is 5.56 Å². The van der Waals surface area contributed by atoms with Gasteiger partial charge in [-0.25, -0.2) is 9.97 Å². The molecule has 0 saturated carbocycles. The van der Waals surface area contributed by atoms with E-state index in [1.165, 1.54) is 6.33 Å². The predicted octanol–water partition coefficient (Wildman–Crippen LogP) is 4.19. The molecule has 0 bridgehead atoms. The van der Waals surface area contributed by atoms with Crippen LogP contribution < -0.4 is 9.47 Å². The summed E-state index contributed by atoms with van der Waals surface area (Å²) < 4.78 is 16.6. The van der Waals surface area contributed by atoms with Crippen molar-refractivity contribution in [2.75, 3.05) is 13.2 Å². The van der Waals surface area contributed by atoms with E-state index < -0.39 is 0 Å². The Morgan fingerprint density at radius 2 is 1.85 bits per heavy atom. The number of fused-ring (bicyclic) bond motifs is 1. The number of ether oxygens (including phenoxy) is 3. The van der Waals surface area contributed by atoms with Crippen LogP contribution in [0.15, 0.2) is 48.8 Å². The molecule has 2 aromatic carbocycles. The second-order valence-electron chi connectivity index (χ2n) is 5.66. The minimum Gasteiger partial charge on any atom is -0.489 e. The summed E-state index contributed by atoms with van der Waals surface area (Å²) in [5.41, 5.74) is 1.67. The van der Waals surface area contributed by atoms with Crippen molar-refractivity contribution < 1.29 is 19.0 Å². The summed E-state index contributed by atoms with van der Waals surface area (Å²) in [4.78, 5) is 19.7. The lowest BCUT2D eigenvalue weighted by Crippen LogP contribution is -2.10. The average molecular weight is 387 g/mol. The molecule has 0 aliphatic heterocycles. The van der Waals surface area contributed by atoms with Gasteiger partial charge in [-0.3, -0.25) is 4.79 Å². The van der Waals surface area contributed by atoms with Crippen LogP contribution in [0.3, 0.4) is 0 Å². The third-order valence-electron chi connectivity index (χ3n) is 3.76. The fourth-order valence-corrected chi connectivity index (χ4v) is 2.67. The maximum Gasteiger partial charge on any atom is 0.309 e. The van der Waals surface area contributed by atoms with E-state index in [0.29, 0.717) is 40.8 Å². The van der Waals surface area contributed by atoms with E-state index in [4.69, 9.17) is 25.8 Å². The number of rotatable bonds is 8. The zero-order chi connectivity index (χ0) is 19.1. The van der Waals surface area contributed by atoms with Gasteiger partial charge in [0, 0.05) is 11.5 Å². The Morgan fingerprint density at radius 1 is 1.07 bits per heavy atom. The van der Waals surface area contributed by atoms with Crippen molar-refractivity contribution >= 4 is 28.5 Å². The molecule has 7 heteroatoms. The summed E-state index contributed by atoms with van der Waals surface area (Å²) in [6.07, 6.45) is 1.54. The first-order valence-electron chi connectivity index (χ1n) is 8.56. The van der Waals surface area contributed by atoms with Crippen molar-refractivity contribution in [3.05, 3.63) is 59.5 Å². The van der Waals surface area contributed by atoms with Crippen LogP contribution in [-0.4, -0.2) is 29.2 Å². The highest BCUT2D eigenvalue weighted by Gasteiger charge is 2.13.